The predicted molar refractivity (Wildman–Crippen MR) is 84.8 cm³/mol. The number of nitrogens with zero attached hydrogens (tertiary/aromatic N) is 7. The lowest BCUT2D eigenvalue weighted by molar-refractivity contribution is 0.273. The second-order valence-corrected chi connectivity index (χ2v) is 6.33. The van der Waals surface area contributed by atoms with Gasteiger partial charge in [0.05, 0.1) is 12.6 Å². The average Bonchev–Trinajstić information content (AvgIpc) is 3.01. The zero-order valence-electron chi connectivity index (χ0n) is 13.2. The molecule has 0 spiro atoms. The Labute approximate surface area is 135 Å². The van der Waals surface area contributed by atoms with Crippen LogP contribution in [0.25, 0.3) is 0 Å². The fraction of sp³-hybridized carbons (Fsp3) is 0.667. The monoisotopic (exact) mass is 314 g/mol. The summed E-state index contributed by atoms with van der Waals surface area (Å²) in [5.74, 6) is 1.99. The third-order valence-electron chi connectivity index (χ3n) is 4.92. The van der Waals surface area contributed by atoms with Crippen LogP contribution >= 0.6 is 0 Å². The molecule has 0 amide bonds. The maximum atomic E-state index is 4.33. The zero-order chi connectivity index (χ0) is 15.5. The standard InChI is InChI=1S/C15H22N8/c1-2-13(3-1)23-15(19-20-21-23)10-17-12-5-8-22(9-6-12)14-4-7-16-11-18-14/h4,7,11-13,17H,1-3,5-6,8-10H2. The van der Waals surface area contributed by atoms with Gasteiger partial charge in [0.25, 0.3) is 0 Å². The van der Waals surface area contributed by atoms with E-state index in [4.69, 9.17) is 0 Å². The van der Waals surface area contributed by atoms with Crippen LogP contribution in [-0.2, 0) is 6.54 Å². The van der Waals surface area contributed by atoms with Gasteiger partial charge in [-0.2, -0.15) is 0 Å². The van der Waals surface area contributed by atoms with E-state index < -0.39 is 0 Å². The molecule has 1 aliphatic carbocycles. The fourth-order valence-corrected chi connectivity index (χ4v) is 3.26. The van der Waals surface area contributed by atoms with Crippen LogP contribution in [0.4, 0.5) is 5.82 Å². The van der Waals surface area contributed by atoms with Crippen LogP contribution in [0.5, 0.6) is 0 Å². The minimum atomic E-state index is 0.514. The van der Waals surface area contributed by atoms with Gasteiger partial charge in [-0.05, 0) is 48.6 Å². The van der Waals surface area contributed by atoms with Crippen LogP contribution in [0.2, 0.25) is 0 Å². The van der Waals surface area contributed by atoms with Crippen molar-refractivity contribution in [2.45, 2.75) is 50.7 Å². The molecular weight excluding hydrogens is 292 g/mol. The normalized spacial score (nSPS) is 19.7. The maximum absolute atomic E-state index is 4.33. The molecule has 0 bridgehead atoms. The fourth-order valence-electron chi connectivity index (χ4n) is 3.26. The van der Waals surface area contributed by atoms with E-state index in [1.165, 1.54) is 19.3 Å². The lowest BCUT2D eigenvalue weighted by Gasteiger charge is -2.33. The first-order valence-corrected chi connectivity index (χ1v) is 8.41. The van der Waals surface area contributed by atoms with E-state index in [0.29, 0.717) is 12.1 Å². The van der Waals surface area contributed by atoms with Gasteiger partial charge in [-0.1, -0.05) is 0 Å². The highest BCUT2D eigenvalue weighted by Crippen LogP contribution is 2.31. The first-order valence-electron chi connectivity index (χ1n) is 8.41. The molecule has 1 aliphatic heterocycles. The third-order valence-corrected chi connectivity index (χ3v) is 4.92. The lowest BCUT2D eigenvalue weighted by Crippen LogP contribution is -2.43. The highest BCUT2D eigenvalue weighted by molar-refractivity contribution is 5.36. The largest absolute Gasteiger partial charge is 0.356 e. The molecule has 1 saturated heterocycles. The minimum Gasteiger partial charge on any atom is -0.356 e. The number of piperidine rings is 1. The van der Waals surface area contributed by atoms with E-state index >= 15 is 0 Å². The van der Waals surface area contributed by atoms with Crippen molar-refractivity contribution in [3.8, 4) is 0 Å². The van der Waals surface area contributed by atoms with Crippen LogP contribution < -0.4 is 10.2 Å². The van der Waals surface area contributed by atoms with Crippen molar-refractivity contribution >= 4 is 5.82 Å². The van der Waals surface area contributed by atoms with E-state index in [1.807, 2.05) is 10.7 Å². The number of tetrazole rings is 1. The Morgan fingerprint density at radius 3 is 2.74 bits per heavy atom. The summed E-state index contributed by atoms with van der Waals surface area (Å²) in [7, 11) is 0. The van der Waals surface area contributed by atoms with Gasteiger partial charge in [-0.15, -0.1) is 5.10 Å². The summed E-state index contributed by atoms with van der Waals surface area (Å²) in [6.45, 7) is 2.78. The maximum Gasteiger partial charge on any atom is 0.165 e. The van der Waals surface area contributed by atoms with Crippen molar-refractivity contribution in [2.75, 3.05) is 18.0 Å². The minimum absolute atomic E-state index is 0.514. The van der Waals surface area contributed by atoms with Gasteiger partial charge in [-0.3, -0.25) is 0 Å². The van der Waals surface area contributed by atoms with Crippen molar-refractivity contribution < 1.29 is 0 Å². The predicted octanol–water partition coefficient (Wildman–Crippen LogP) is 0.947. The first kappa shape index (κ1) is 14.5. The van der Waals surface area contributed by atoms with Gasteiger partial charge >= 0.3 is 0 Å². The smallest absolute Gasteiger partial charge is 0.165 e. The van der Waals surface area contributed by atoms with Crippen LogP contribution in [-0.4, -0.2) is 49.3 Å². The van der Waals surface area contributed by atoms with Gasteiger partial charge in [0.1, 0.15) is 12.1 Å². The molecule has 2 aromatic rings. The summed E-state index contributed by atoms with van der Waals surface area (Å²) in [6, 6.07) is 3.00. The summed E-state index contributed by atoms with van der Waals surface area (Å²) >= 11 is 0. The van der Waals surface area contributed by atoms with E-state index in [-0.39, 0.29) is 0 Å². The number of anilines is 1. The number of nitrogens with one attached hydrogen (secondary N) is 1. The highest BCUT2D eigenvalue weighted by Gasteiger charge is 2.25. The Morgan fingerprint density at radius 2 is 2.04 bits per heavy atom. The topological polar surface area (TPSA) is 84.6 Å². The number of hydrogen-bond donors (Lipinski definition) is 1. The molecular formula is C15H22N8. The summed E-state index contributed by atoms with van der Waals surface area (Å²) in [6.07, 6.45) is 9.32. The molecule has 2 aliphatic rings. The summed E-state index contributed by atoms with van der Waals surface area (Å²) in [5.41, 5.74) is 0. The Bertz CT molecular complexity index is 615. The van der Waals surface area contributed by atoms with Crippen molar-refractivity contribution in [1.29, 1.82) is 0 Å². The Hall–Kier alpha value is -2.09. The molecule has 23 heavy (non-hydrogen) atoms. The van der Waals surface area contributed by atoms with Crippen LogP contribution in [0.3, 0.4) is 0 Å². The molecule has 4 rings (SSSR count). The summed E-state index contributed by atoms with van der Waals surface area (Å²) < 4.78 is 2.01. The van der Waals surface area contributed by atoms with E-state index in [1.54, 1.807) is 12.5 Å². The number of rotatable bonds is 5. The molecule has 8 heteroatoms. The van der Waals surface area contributed by atoms with Crippen LogP contribution in [0, 0.1) is 0 Å². The van der Waals surface area contributed by atoms with Crippen molar-refractivity contribution in [3.63, 3.8) is 0 Å². The molecule has 8 nitrogen and oxygen atoms in total. The molecule has 0 aromatic carbocycles. The Morgan fingerprint density at radius 1 is 1.17 bits per heavy atom. The third kappa shape index (κ3) is 3.17. The van der Waals surface area contributed by atoms with Crippen molar-refractivity contribution in [1.82, 2.24) is 35.5 Å². The molecule has 3 heterocycles. The van der Waals surface area contributed by atoms with Gasteiger partial charge in [0, 0.05) is 25.3 Å². The highest BCUT2D eigenvalue weighted by atomic mass is 15.6. The average molecular weight is 314 g/mol. The SMILES string of the molecule is c1cc(N2CCC(NCc3nnnn3C3CCC3)CC2)ncn1. The van der Waals surface area contributed by atoms with E-state index in [2.05, 4.69) is 35.7 Å². The van der Waals surface area contributed by atoms with Gasteiger partial charge in [0.15, 0.2) is 5.82 Å². The van der Waals surface area contributed by atoms with Crippen LogP contribution in [0.15, 0.2) is 18.6 Å². The molecule has 0 atom stereocenters. The van der Waals surface area contributed by atoms with Gasteiger partial charge < -0.3 is 10.2 Å². The first-order chi connectivity index (χ1) is 11.4. The quantitative estimate of drug-likeness (QED) is 0.879. The van der Waals surface area contributed by atoms with Gasteiger partial charge in [0.2, 0.25) is 0 Å². The Balaban J connectivity index is 1.28. The molecule has 0 radical (unpaired) electrons. The van der Waals surface area contributed by atoms with Crippen molar-refractivity contribution in [2.24, 2.45) is 0 Å². The molecule has 0 unspecified atom stereocenters. The van der Waals surface area contributed by atoms with Gasteiger partial charge in [-0.25, -0.2) is 14.6 Å². The number of aromatic nitrogens is 6. The second kappa shape index (κ2) is 6.57. The molecule has 122 valence electrons. The zero-order valence-corrected chi connectivity index (χ0v) is 13.2. The molecule has 1 saturated carbocycles. The van der Waals surface area contributed by atoms with Crippen LogP contribution in [0.1, 0.15) is 44.0 Å². The van der Waals surface area contributed by atoms with E-state index in [0.717, 1.165) is 44.1 Å². The summed E-state index contributed by atoms with van der Waals surface area (Å²) in [5, 5.41) is 15.8. The molecule has 2 fully saturated rings. The Kier molecular flexibility index (Phi) is 4.14. The van der Waals surface area contributed by atoms with Crippen molar-refractivity contribution in [3.05, 3.63) is 24.4 Å². The summed E-state index contributed by atoms with van der Waals surface area (Å²) in [4.78, 5) is 10.6. The molecule has 1 N–H and O–H groups in total. The second-order valence-electron chi connectivity index (χ2n) is 6.33. The lowest BCUT2D eigenvalue weighted by atomic mass is 9.93. The molecule has 2 aromatic heterocycles. The number of hydrogen-bond acceptors (Lipinski definition) is 7. The van der Waals surface area contributed by atoms with E-state index in [9.17, 15) is 0 Å².